The summed E-state index contributed by atoms with van der Waals surface area (Å²) in [5.74, 6) is 0. The molecule has 0 spiro atoms. The fraction of sp³-hybridized carbons (Fsp3) is 0.0732. The summed E-state index contributed by atoms with van der Waals surface area (Å²) in [4.78, 5) is 3.46. The quantitative estimate of drug-likeness (QED) is 0.179. The Morgan fingerprint density at radius 3 is 1.62 bits per heavy atom. The number of hydrogen-bond acceptors (Lipinski definition) is 1. The van der Waals surface area contributed by atoms with Crippen LogP contribution in [-0.4, -0.2) is 9.13 Å². The van der Waals surface area contributed by atoms with Crippen LogP contribution >= 0.6 is 0 Å². The molecule has 0 unspecified atom stereocenters. The Labute approximate surface area is 273 Å². The molecular formula is C41H25F3N4. The van der Waals surface area contributed by atoms with Gasteiger partial charge in [-0.15, -0.1) is 0 Å². The number of alkyl halides is 3. The van der Waals surface area contributed by atoms with Crippen LogP contribution in [0, 0.1) is 31.8 Å². The van der Waals surface area contributed by atoms with Gasteiger partial charge >= 0.3 is 6.18 Å². The number of nitriles is 1. The second-order valence-corrected chi connectivity index (χ2v) is 12.0. The van der Waals surface area contributed by atoms with E-state index in [9.17, 15) is 18.4 Å². The molecule has 2 aromatic heterocycles. The number of para-hydroxylation sites is 4. The minimum atomic E-state index is -4.69. The molecule has 7 heteroatoms. The Hall–Kier alpha value is -6.31. The van der Waals surface area contributed by atoms with Crippen LogP contribution < -0.4 is 0 Å². The molecule has 0 saturated carbocycles. The number of nitrogens with zero attached hydrogens (tertiary/aromatic N) is 4. The van der Waals surface area contributed by atoms with E-state index in [1.54, 1.807) is 12.1 Å². The number of benzene rings is 6. The lowest BCUT2D eigenvalue weighted by Crippen LogP contribution is -2.08. The Balaban J connectivity index is 1.65. The van der Waals surface area contributed by atoms with Crippen LogP contribution in [0.5, 0.6) is 0 Å². The largest absolute Gasteiger partial charge is 0.415 e. The second kappa shape index (κ2) is 10.6. The van der Waals surface area contributed by atoms with E-state index in [1.165, 1.54) is 6.07 Å². The van der Waals surface area contributed by atoms with E-state index >= 15 is 0 Å². The monoisotopic (exact) mass is 630 g/mol. The summed E-state index contributed by atoms with van der Waals surface area (Å²) in [6.07, 6.45) is -4.69. The third kappa shape index (κ3) is 4.29. The molecule has 0 fully saturated rings. The van der Waals surface area contributed by atoms with Gasteiger partial charge in [0.2, 0.25) is 0 Å². The molecular weight excluding hydrogens is 605 g/mol. The lowest BCUT2D eigenvalue weighted by molar-refractivity contribution is -0.137. The highest BCUT2D eigenvalue weighted by molar-refractivity contribution is 6.13. The first-order valence-electron chi connectivity index (χ1n) is 15.4. The zero-order chi connectivity index (χ0) is 33.3. The molecule has 8 aromatic rings. The van der Waals surface area contributed by atoms with Crippen molar-refractivity contribution in [3.8, 4) is 28.6 Å². The van der Waals surface area contributed by atoms with Gasteiger partial charge in [-0.25, -0.2) is 4.85 Å². The van der Waals surface area contributed by atoms with E-state index in [-0.39, 0.29) is 11.3 Å². The molecule has 230 valence electrons. The molecule has 0 amide bonds. The number of aromatic nitrogens is 2. The third-order valence-corrected chi connectivity index (χ3v) is 9.16. The highest BCUT2D eigenvalue weighted by Gasteiger charge is 2.32. The van der Waals surface area contributed by atoms with Gasteiger partial charge in [0, 0.05) is 32.7 Å². The average molecular weight is 631 g/mol. The summed E-state index contributed by atoms with van der Waals surface area (Å²) in [5, 5.41) is 14.4. The standard InChI is InChI=1S/C41H25F3N4/c1-24-10-8-14-32-30-12-4-6-16-34(30)47(39(24)32)36-18-26(23-45)19-37(38(36)27-20-28(41(42,43)44)22-29(21-27)46-3)48-35-17-7-5-13-31(35)33-15-9-11-25(2)40(33)48/h4-22H,1-2H3. The van der Waals surface area contributed by atoms with Crippen molar-refractivity contribution < 1.29 is 13.2 Å². The van der Waals surface area contributed by atoms with Gasteiger partial charge in [0.25, 0.3) is 0 Å². The maximum Gasteiger partial charge on any atom is 0.415 e. The first kappa shape index (κ1) is 29.1. The minimum Gasteiger partial charge on any atom is -0.308 e. The summed E-state index contributed by atoms with van der Waals surface area (Å²) >= 11 is 0. The zero-order valence-electron chi connectivity index (χ0n) is 25.9. The van der Waals surface area contributed by atoms with Crippen LogP contribution in [-0.2, 0) is 6.18 Å². The predicted octanol–water partition coefficient (Wildman–Crippen LogP) is 11.6. The molecule has 0 N–H and O–H groups in total. The molecule has 8 rings (SSSR count). The SMILES string of the molecule is [C-]#[N+]c1cc(-c2c(-n3c4ccccc4c4cccc(C)c43)cc(C#N)cc2-n2c3ccccc3c3cccc(C)c32)cc(C(F)(F)F)c1. The maximum atomic E-state index is 14.4. The van der Waals surface area contributed by atoms with Gasteiger partial charge < -0.3 is 9.13 Å². The summed E-state index contributed by atoms with van der Waals surface area (Å²) < 4.78 is 47.5. The topological polar surface area (TPSA) is 38.0 Å². The van der Waals surface area contributed by atoms with Crippen molar-refractivity contribution >= 4 is 49.3 Å². The fourth-order valence-corrected chi connectivity index (χ4v) is 7.19. The van der Waals surface area contributed by atoms with Gasteiger partial charge in [0.1, 0.15) is 0 Å². The van der Waals surface area contributed by atoms with Gasteiger partial charge in [-0.2, -0.15) is 18.4 Å². The number of hydrogen-bond donors (Lipinski definition) is 0. The van der Waals surface area contributed by atoms with Crippen molar-refractivity contribution in [3.63, 3.8) is 0 Å². The molecule has 0 radical (unpaired) electrons. The number of aryl methyl sites for hydroxylation is 2. The van der Waals surface area contributed by atoms with Gasteiger partial charge in [-0.1, -0.05) is 72.8 Å². The average Bonchev–Trinajstić information content (AvgIpc) is 3.62. The van der Waals surface area contributed by atoms with E-state index in [0.29, 0.717) is 22.5 Å². The van der Waals surface area contributed by atoms with Gasteiger partial charge in [-0.05, 0) is 73.0 Å². The molecule has 0 aliphatic carbocycles. The lowest BCUT2D eigenvalue weighted by Gasteiger charge is -2.22. The normalized spacial score (nSPS) is 11.8. The van der Waals surface area contributed by atoms with Crippen molar-refractivity contribution in [1.29, 1.82) is 5.26 Å². The van der Waals surface area contributed by atoms with Crippen LogP contribution in [0.2, 0.25) is 0 Å². The number of rotatable bonds is 3. The Morgan fingerprint density at radius 1 is 0.646 bits per heavy atom. The van der Waals surface area contributed by atoms with E-state index in [4.69, 9.17) is 6.57 Å². The number of fused-ring (bicyclic) bond motifs is 6. The maximum absolute atomic E-state index is 14.4. The molecule has 0 saturated heterocycles. The van der Waals surface area contributed by atoms with Crippen LogP contribution in [0.25, 0.3) is 71.0 Å². The van der Waals surface area contributed by atoms with Crippen molar-refractivity contribution in [2.45, 2.75) is 20.0 Å². The van der Waals surface area contributed by atoms with E-state index in [2.05, 4.69) is 20.0 Å². The zero-order valence-corrected chi connectivity index (χ0v) is 25.9. The highest BCUT2D eigenvalue weighted by atomic mass is 19.4. The van der Waals surface area contributed by atoms with Gasteiger partial charge in [-0.3, -0.25) is 0 Å². The smallest absolute Gasteiger partial charge is 0.308 e. The predicted molar refractivity (Wildman–Crippen MR) is 186 cm³/mol. The van der Waals surface area contributed by atoms with Gasteiger partial charge in [0.05, 0.1) is 51.6 Å². The molecule has 6 aromatic carbocycles. The van der Waals surface area contributed by atoms with E-state index in [1.807, 2.05) is 98.8 Å². The first-order chi connectivity index (χ1) is 23.2. The van der Waals surface area contributed by atoms with Crippen LogP contribution in [0.3, 0.4) is 0 Å². The summed E-state index contributed by atoms with van der Waals surface area (Å²) in [6.45, 7) is 11.8. The van der Waals surface area contributed by atoms with E-state index < -0.39 is 11.7 Å². The lowest BCUT2D eigenvalue weighted by atomic mass is 9.95. The van der Waals surface area contributed by atoms with Crippen molar-refractivity contribution in [2.24, 2.45) is 0 Å². The molecule has 4 nitrogen and oxygen atoms in total. The number of halogens is 3. The minimum absolute atomic E-state index is 0.127. The highest BCUT2D eigenvalue weighted by Crippen LogP contribution is 2.45. The Morgan fingerprint density at radius 2 is 1.15 bits per heavy atom. The van der Waals surface area contributed by atoms with Crippen molar-refractivity contribution in [2.75, 3.05) is 0 Å². The molecule has 0 bridgehead atoms. The van der Waals surface area contributed by atoms with E-state index in [0.717, 1.165) is 66.9 Å². The first-order valence-corrected chi connectivity index (χ1v) is 15.4. The second-order valence-electron chi connectivity index (χ2n) is 12.0. The van der Waals surface area contributed by atoms with Crippen LogP contribution in [0.15, 0.2) is 115 Å². The summed E-state index contributed by atoms with van der Waals surface area (Å²) in [5.41, 5.74) is 6.49. The van der Waals surface area contributed by atoms with Crippen molar-refractivity contribution in [3.05, 3.63) is 149 Å². The van der Waals surface area contributed by atoms with Crippen molar-refractivity contribution in [1.82, 2.24) is 9.13 Å². The fourth-order valence-electron chi connectivity index (χ4n) is 7.19. The molecule has 48 heavy (non-hydrogen) atoms. The van der Waals surface area contributed by atoms with Crippen LogP contribution in [0.1, 0.15) is 22.3 Å². The molecule has 0 aliphatic rings. The molecule has 0 aliphatic heterocycles. The Bertz CT molecular complexity index is 2570. The summed E-state index contributed by atoms with van der Waals surface area (Å²) in [7, 11) is 0. The van der Waals surface area contributed by atoms with Gasteiger partial charge in [0.15, 0.2) is 5.69 Å². The Kier molecular flexibility index (Phi) is 6.44. The molecule has 0 atom stereocenters. The summed E-state index contributed by atoms with van der Waals surface area (Å²) in [6, 6.07) is 37.2. The van der Waals surface area contributed by atoms with Crippen LogP contribution in [0.4, 0.5) is 18.9 Å². The molecule has 2 heterocycles. The third-order valence-electron chi connectivity index (χ3n) is 9.16.